The number of carbonyl (C=O) groups excluding carboxylic acids is 2. The zero-order valence-electron chi connectivity index (χ0n) is 12.1. The molecule has 0 bridgehead atoms. The highest BCUT2D eigenvalue weighted by Crippen LogP contribution is 2.10. The van der Waals surface area contributed by atoms with Gasteiger partial charge in [-0.15, -0.1) is 0 Å². The van der Waals surface area contributed by atoms with E-state index in [1.54, 1.807) is 20.8 Å². The Kier molecular flexibility index (Phi) is 7.29. The van der Waals surface area contributed by atoms with Crippen LogP contribution >= 0.6 is 0 Å². The minimum Gasteiger partial charge on any atom is -0.480 e. The van der Waals surface area contributed by atoms with Crippen LogP contribution < -0.4 is 10.6 Å². The lowest BCUT2D eigenvalue weighted by atomic mass is 9.97. The fraction of sp³-hybridized carbons (Fsp3) is 0.692. The molecule has 0 aliphatic rings. The van der Waals surface area contributed by atoms with Crippen LogP contribution in [0.3, 0.4) is 0 Å². The van der Waals surface area contributed by atoms with Gasteiger partial charge in [0.25, 0.3) is 0 Å². The molecule has 7 nitrogen and oxygen atoms in total. The monoisotopic (exact) mass is 283 g/mol. The summed E-state index contributed by atoms with van der Waals surface area (Å²) < 4.78 is 0. The van der Waals surface area contributed by atoms with E-state index in [4.69, 9.17) is 10.4 Å². The summed E-state index contributed by atoms with van der Waals surface area (Å²) in [6.45, 7) is 6.35. The third-order valence-electron chi connectivity index (χ3n) is 2.85. The van der Waals surface area contributed by atoms with Crippen LogP contribution in [0.1, 0.15) is 34.1 Å². The Hall–Kier alpha value is -2.10. The zero-order chi connectivity index (χ0) is 15.9. The van der Waals surface area contributed by atoms with Crippen molar-refractivity contribution in [2.75, 3.05) is 0 Å². The summed E-state index contributed by atoms with van der Waals surface area (Å²) in [5.74, 6) is -2.83. The van der Waals surface area contributed by atoms with Gasteiger partial charge >= 0.3 is 5.97 Å². The van der Waals surface area contributed by atoms with Crippen LogP contribution in [0.5, 0.6) is 0 Å². The molecule has 0 rings (SSSR count). The maximum absolute atomic E-state index is 12.1. The van der Waals surface area contributed by atoms with Crippen molar-refractivity contribution in [3.63, 3.8) is 0 Å². The van der Waals surface area contributed by atoms with Crippen molar-refractivity contribution in [2.24, 2.45) is 11.8 Å². The van der Waals surface area contributed by atoms with E-state index < -0.39 is 29.9 Å². The van der Waals surface area contributed by atoms with Crippen LogP contribution in [-0.2, 0) is 14.4 Å². The number of nitrogens with zero attached hydrogens (tertiary/aromatic N) is 1. The largest absolute Gasteiger partial charge is 0.480 e. The van der Waals surface area contributed by atoms with Crippen molar-refractivity contribution >= 4 is 17.8 Å². The maximum atomic E-state index is 12.1. The van der Waals surface area contributed by atoms with Crippen LogP contribution in [0.25, 0.3) is 0 Å². The molecule has 112 valence electrons. The second-order valence-corrected chi connectivity index (χ2v) is 5.09. The molecule has 0 unspecified atom stereocenters. The number of hydrogen-bond acceptors (Lipinski definition) is 4. The highest BCUT2D eigenvalue weighted by Gasteiger charge is 2.31. The molecule has 0 spiro atoms. The number of carbonyl (C=O) groups is 3. The Morgan fingerprint density at radius 3 is 2.05 bits per heavy atom. The third kappa shape index (κ3) is 5.69. The van der Waals surface area contributed by atoms with Crippen molar-refractivity contribution in [2.45, 2.75) is 46.2 Å². The molecule has 0 aliphatic carbocycles. The van der Waals surface area contributed by atoms with Gasteiger partial charge in [-0.1, -0.05) is 20.8 Å². The summed E-state index contributed by atoms with van der Waals surface area (Å²) in [5, 5.41) is 22.6. The highest BCUT2D eigenvalue weighted by atomic mass is 16.4. The first-order chi connectivity index (χ1) is 9.20. The van der Waals surface area contributed by atoms with Crippen molar-refractivity contribution in [1.82, 2.24) is 10.6 Å². The van der Waals surface area contributed by atoms with Gasteiger partial charge in [-0.05, 0) is 5.92 Å². The molecule has 0 aliphatic heterocycles. The predicted molar refractivity (Wildman–Crippen MR) is 71.4 cm³/mol. The van der Waals surface area contributed by atoms with E-state index in [1.807, 2.05) is 6.07 Å². The Balaban J connectivity index is 4.93. The molecule has 7 heteroatoms. The fourth-order valence-corrected chi connectivity index (χ4v) is 1.71. The Labute approximate surface area is 118 Å². The molecule has 0 aromatic heterocycles. The molecule has 2 amide bonds. The van der Waals surface area contributed by atoms with E-state index in [-0.39, 0.29) is 18.2 Å². The molecule has 20 heavy (non-hydrogen) atoms. The molecular weight excluding hydrogens is 262 g/mol. The van der Waals surface area contributed by atoms with Crippen LogP contribution in [0.4, 0.5) is 0 Å². The Bertz CT molecular complexity index is 414. The molecular formula is C13H21N3O4. The van der Waals surface area contributed by atoms with Crippen molar-refractivity contribution < 1.29 is 19.5 Å². The highest BCUT2D eigenvalue weighted by molar-refractivity contribution is 5.90. The smallest absolute Gasteiger partial charge is 0.326 e. The number of rotatable bonds is 7. The quantitative estimate of drug-likeness (QED) is 0.619. The first kappa shape index (κ1) is 17.9. The number of carboxylic acid groups (broad SMARTS) is 1. The number of carboxylic acids is 1. The Morgan fingerprint density at radius 1 is 1.15 bits per heavy atom. The van der Waals surface area contributed by atoms with Crippen molar-refractivity contribution in [3.05, 3.63) is 0 Å². The van der Waals surface area contributed by atoms with E-state index in [2.05, 4.69) is 10.6 Å². The van der Waals surface area contributed by atoms with E-state index in [0.29, 0.717) is 0 Å². The van der Waals surface area contributed by atoms with Crippen LogP contribution in [0.15, 0.2) is 0 Å². The summed E-state index contributed by atoms with van der Waals surface area (Å²) in [6, 6.07) is -0.0817. The minimum absolute atomic E-state index is 0.0176. The second kappa shape index (κ2) is 8.15. The number of hydrogen-bond donors (Lipinski definition) is 3. The van der Waals surface area contributed by atoms with Gasteiger partial charge in [-0.3, -0.25) is 9.59 Å². The number of aliphatic carboxylic acids is 1. The lowest BCUT2D eigenvalue weighted by Crippen LogP contribution is -2.54. The first-order valence-corrected chi connectivity index (χ1v) is 6.37. The maximum Gasteiger partial charge on any atom is 0.326 e. The normalized spacial score (nSPS) is 14.8. The molecule has 0 radical (unpaired) electrons. The first-order valence-electron chi connectivity index (χ1n) is 6.37. The lowest BCUT2D eigenvalue weighted by molar-refractivity contribution is -0.143. The number of nitrogens with one attached hydrogen (secondary N) is 2. The number of amides is 2. The molecule has 3 atom stereocenters. The van der Waals surface area contributed by atoms with E-state index in [0.717, 1.165) is 0 Å². The standard InChI is InChI=1S/C13H21N3O4/c1-7(2)10(15-9(4)17)12(18)16-11(13(19)20)8(3)5-6-14/h7-8,10-11H,5H2,1-4H3,(H,15,17)(H,16,18)(H,19,20)/t8-,10+,11+/m0/s1. The molecule has 0 aromatic carbocycles. The fourth-order valence-electron chi connectivity index (χ4n) is 1.71. The summed E-state index contributed by atoms with van der Waals surface area (Å²) in [7, 11) is 0. The summed E-state index contributed by atoms with van der Waals surface area (Å²) >= 11 is 0. The van der Waals surface area contributed by atoms with Crippen LogP contribution in [0, 0.1) is 23.2 Å². The topological polar surface area (TPSA) is 119 Å². The summed E-state index contributed by atoms with van der Waals surface area (Å²) in [5.41, 5.74) is 0. The average molecular weight is 283 g/mol. The molecule has 0 saturated heterocycles. The van der Waals surface area contributed by atoms with Gasteiger partial charge in [0, 0.05) is 19.3 Å². The lowest BCUT2D eigenvalue weighted by Gasteiger charge is -2.25. The molecule has 3 N–H and O–H groups in total. The molecule has 0 heterocycles. The SMILES string of the molecule is CC(=O)N[C@@H](C(=O)N[C@@H](C(=O)O)[C@@H](C)CC#N)C(C)C. The Morgan fingerprint density at radius 2 is 1.70 bits per heavy atom. The van der Waals surface area contributed by atoms with E-state index in [9.17, 15) is 14.4 Å². The minimum atomic E-state index is -1.20. The van der Waals surface area contributed by atoms with Crippen molar-refractivity contribution in [1.29, 1.82) is 5.26 Å². The third-order valence-corrected chi connectivity index (χ3v) is 2.85. The van der Waals surface area contributed by atoms with Crippen molar-refractivity contribution in [3.8, 4) is 6.07 Å². The van der Waals surface area contributed by atoms with Gasteiger partial charge in [0.05, 0.1) is 6.07 Å². The molecule has 0 saturated carbocycles. The van der Waals surface area contributed by atoms with Gasteiger partial charge in [0.1, 0.15) is 12.1 Å². The van der Waals surface area contributed by atoms with E-state index in [1.165, 1.54) is 6.92 Å². The summed E-state index contributed by atoms with van der Waals surface area (Å²) in [4.78, 5) is 34.3. The second-order valence-electron chi connectivity index (χ2n) is 5.09. The number of nitriles is 1. The average Bonchev–Trinajstić information content (AvgIpc) is 2.31. The van der Waals surface area contributed by atoms with Gasteiger partial charge in [0.15, 0.2) is 0 Å². The predicted octanol–water partition coefficient (Wildman–Crippen LogP) is 0.266. The van der Waals surface area contributed by atoms with Crippen LogP contribution in [0.2, 0.25) is 0 Å². The van der Waals surface area contributed by atoms with Gasteiger partial charge in [-0.25, -0.2) is 4.79 Å². The van der Waals surface area contributed by atoms with Gasteiger partial charge in [0.2, 0.25) is 11.8 Å². The van der Waals surface area contributed by atoms with Crippen LogP contribution in [-0.4, -0.2) is 35.0 Å². The van der Waals surface area contributed by atoms with Gasteiger partial charge in [-0.2, -0.15) is 5.26 Å². The molecule has 0 aromatic rings. The summed E-state index contributed by atoms with van der Waals surface area (Å²) in [6.07, 6.45) is 0.0176. The zero-order valence-corrected chi connectivity index (χ0v) is 12.1. The van der Waals surface area contributed by atoms with E-state index >= 15 is 0 Å². The van der Waals surface area contributed by atoms with Gasteiger partial charge < -0.3 is 15.7 Å². The molecule has 0 fully saturated rings.